The predicted octanol–water partition coefficient (Wildman–Crippen LogP) is 4.02. The summed E-state index contributed by atoms with van der Waals surface area (Å²) in [6.07, 6.45) is 4.61. The second-order valence-corrected chi connectivity index (χ2v) is 5.23. The number of methoxy groups -OCH3 is 1. The monoisotopic (exact) mass is 266 g/mol. The standard InChI is InChI=1S/C18H18O2/c1-20-18(19)17-12-15-10-6-5-9-14(15)11-16(17)13-7-3-2-4-8-13/h2-4,7-8,11-12H,5-6,9-10H2,1H3. The van der Waals surface area contributed by atoms with Crippen LogP contribution in [0.15, 0.2) is 42.5 Å². The highest BCUT2D eigenvalue weighted by molar-refractivity contribution is 5.97. The molecule has 0 bridgehead atoms. The van der Waals surface area contributed by atoms with Crippen LogP contribution in [0.3, 0.4) is 0 Å². The predicted molar refractivity (Wildman–Crippen MR) is 79.9 cm³/mol. The van der Waals surface area contributed by atoms with Crippen molar-refractivity contribution in [3.05, 3.63) is 59.2 Å². The highest BCUT2D eigenvalue weighted by Gasteiger charge is 2.18. The molecule has 0 saturated heterocycles. The van der Waals surface area contributed by atoms with Crippen LogP contribution in [0.25, 0.3) is 11.1 Å². The summed E-state index contributed by atoms with van der Waals surface area (Å²) < 4.78 is 4.95. The summed E-state index contributed by atoms with van der Waals surface area (Å²) in [5.74, 6) is -0.253. The number of hydrogen-bond acceptors (Lipinski definition) is 2. The van der Waals surface area contributed by atoms with E-state index in [-0.39, 0.29) is 5.97 Å². The minimum Gasteiger partial charge on any atom is -0.465 e. The SMILES string of the molecule is COC(=O)c1cc2c(cc1-c1ccccc1)CCCC2. The van der Waals surface area contributed by atoms with Gasteiger partial charge in [-0.25, -0.2) is 4.79 Å². The van der Waals surface area contributed by atoms with E-state index in [1.165, 1.54) is 31.1 Å². The molecule has 0 N–H and O–H groups in total. The molecule has 20 heavy (non-hydrogen) atoms. The molecule has 0 aliphatic heterocycles. The third kappa shape index (κ3) is 2.34. The normalized spacial score (nSPS) is 13.7. The molecule has 0 aromatic heterocycles. The average Bonchev–Trinajstić information content (AvgIpc) is 2.53. The van der Waals surface area contributed by atoms with Gasteiger partial charge in [0.1, 0.15) is 0 Å². The molecule has 0 radical (unpaired) electrons. The van der Waals surface area contributed by atoms with Crippen molar-refractivity contribution in [3.8, 4) is 11.1 Å². The van der Waals surface area contributed by atoms with Crippen molar-refractivity contribution in [2.75, 3.05) is 7.11 Å². The lowest BCUT2D eigenvalue weighted by Crippen LogP contribution is -2.09. The molecule has 0 heterocycles. The lowest BCUT2D eigenvalue weighted by Gasteiger charge is -2.19. The molecular formula is C18H18O2. The van der Waals surface area contributed by atoms with E-state index >= 15 is 0 Å². The molecule has 0 spiro atoms. The number of ether oxygens (including phenoxy) is 1. The highest BCUT2D eigenvalue weighted by atomic mass is 16.5. The van der Waals surface area contributed by atoms with E-state index in [1.807, 2.05) is 36.4 Å². The summed E-state index contributed by atoms with van der Waals surface area (Å²) in [5.41, 5.74) is 5.41. The summed E-state index contributed by atoms with van der Waals surface area (Å²) in [4.78, 5) is 12.1. The molecule has 2 aromatic carbocycles. The first-order valence-electron chi connectivity index (χ1n) is 7.09. The number of benzene rings is 2. The largest absolute Gasteiger partial charge is 0.465 e. The molecule has 2 aromatic rings. The molecule has 0 saturated carbocycles. The molecule has 0 fully saturated rings. The minimum absolute atomic E-state index is 0.253. The van der Waals surface area contributed by atoms with Crippen molar-refractivity contribution in [3.63, 3.8) is 0 Å². The first-order valence-corrected chi connectivity index (χ1v) is 7.09. The number of hydrogen-bond donors (Lipinski definition) is 0. The second-order valence-electron chi connectivity index (χ2n) is 5.23. The van der Waals surface area contributed by atoms with Crippen LogP contribution in [-0.2, 0) is 17.6 Å². The van der Waals surface area contributed by atoms with Gasteiger partial charge in [0.2, 0.25) is 0 Å². The lowest BCUT2D eigenvalue weighted by atomic mass is 9.86. The van der Waals surface area contributed by atoms with Gasteiger partial charge in [0.25, 0.3) is 0 Å². The van der Waals surface area contributed by atoms with E-state index in [4.69, 9.17) is 4.74 Å². The van der Waals surface area contributed by atoms with E-state index in [1.54, 1.807) is 0 Å². The molecule has 3 rings (SSSR count). The van der Waals surface area contributed by atoms with Crippen LogP contribution < -0.4 is 0 Å². The molecule has 2 nitrogen and oxygen atoms in total. The van der Waals surface area contributed by atoms with Crippen molar-refractivity contribution in [2.45, 2.75) is 25.7 Å². The van der Waals surface area contributed by atoms with Crippen molar-refractivity contribution >= 4 is 5.97 Å². The Hall–Kier alpha value is -2.09. The average molecular weight is 266 g/mol. The Labute approximate surface area is 119 Å². The first kappa shape index (κ1) is 12.9. The van der Waals surface area contributed by atoms with Gasteiger partial charge in [-0.2, -0.15) is 0 Å². The number of carbonyl (C=O) groups is 1. The van der Waals surface area contributed by atoms with E-state index in [2.05, 4.69) is 6.07 Å². The van der Waals surface area contributed by atoms with Crippen molar-refractivity contribution in [1.29, 1.82) is 0 Å². The van der Waals surface area contributed by atoms with Crippen LogP contribution >= 0.6 is 0 Å². The first-order chi connectivity index (χ1) is 9.79. The number of aryl methyl sites for hydroxylation is 2. The van der Waals surface area contributed by atoms with Gasteiger partial charge < -0.3 is 4.74 Å². The third-order valence-electron chi connectivity index (χ3n) is 3.97. The quantitative estimate of drug-likeness (QED) is 0.767. The van der Waals surface area contributed by atoms with Gasteiger partial charge >= 0.3 is 5.97 Å². The zero-order chi connectivity index (χ0) is 13.9. The Balaban J connectivity index is 2.18. The maximum absolute atomic E-state index is 12.1. The maximum atomic E-state index is 12.1. The third-order valence-corrected chi connectivity index (χ3v) is 3.97. The van der Waals surface area contributed by atoms with Gasteiger partial charge in [0, 0.05) is 0 Å². The number of fused-ring (bicyclic) bond motifs is 1. The van der Waals surface area contributed by atoms with Gasteiger partial charge in [0.15, 0.2) is 0 Å². The highest BCUT2D eigenvalue weighted by Crippen LogP contribution is 2.31. The Morgan fingerprint density at radius 1 is 1.00 bits per heavy atom. The summed E-state index contributed by atoms with van der Waals surface area (Å²) in [6.45, 7) is 0. The van der Waals surface area contributed by atoms with Gasteiger partial charge in [-0.15, -0.1) is 0 Å². The minimum atomic E-state index is -0.253. The Bertz CT molecular complexity index is 629. The maximum Gasteiger partial charge on any atom is 0.338 e. The zero-order valence-corrected chi connectivity index (χ0v) is 11.7. The fourth-order valence-corrected chi connectivity index (χ4v) is 2.92. The molecule has 0 atom stereocenters. The van der Waals surface area contributed by atoms with Crippen LogP contribution in [0.4, 0.5) is 0 Å². The fraction of sp³-hybridized carbons (Fsp3) is 0.278. The zero-order valence-electron chi connectivity index (χ0n) is 11.7. The van der Waals surface area contributed by atoms with Crippen LogP contribution in [0, 0.1) is 0 Å². The van der Waals surface area contributed by atoms with E-state index in [9.17, 15) is 4.79 Å². The molecule has 2 heteroatoms. The van der Waals surface area contributed by atoms with Gasteiger partial charge in [-0.3, -0.25) is 0 Å². The summed E-state index contributed by atoms with van der Waals surface area (Å²) >= 11 is 0. The molecule has 102 valence electrons. The van der Waals surface area contributed by atoms with Crippen molar-refractivity contribution in [1.82, 2.24) is 0 Å². The van der Waals surface area contributed by atoms with Gasteiger partial charge in [-0.1, -0.05) is 36.4 Å². The molecule has 1 aliphatic rings. The van der Waals surface area contributed by atoms with Gasteiger partial charge in [-0.05, 0) is 54.0 Å². The van der Waals surface area contributed by atoms with Crippen LogP contribution in [0.5, 0.6) is 0 Å². The summed E-state index contributed by atoms with van der Waals surface area (Å²) in [6, 6.07) is 14.3. The van der Waals surface area contributed by atoms with E-state index < -0.39 is 0 Å². The smallest absolute Gasteiger partial charge is 0.338 e. The number of esters is 1. The molecule has 0 amide bonds. The lowest BCUT2D eigenvalue weighted by molar-refractivity contribution is 0.0601. The Morgan fingerprint density at radius 3 is 2.30 bits per heavy atom. The van der Waals surface area contributed by atoms with E-state index in [0.717, 1.165) is 24.0 Å². The van der Waals surface area contributed by atoms with Crippen LogP contribution in [-0.4, -0.2) is 13.1 Å². The van der Waals surface area contributed by atoms with E-state index in [0.29, 0.717) is 5.56 Å². The fourth-order valence-electron chi connectivity index (χ4n) is 2.92. The van der Waals surface area contributed by atoms with Crippen LogP contribution in [0.1, 0.15) is 34.3 Å². The number of rotatable bonds is 2. The Kier molecular flexibility index (Phi) is 3.55. The topological polar surface area (TPSA) is 26.3 Å². The summed E-state index contributed by atoms with van der Waals surface area (Å²) in [7, 11) is 1.44. The van der Waals surface area contributed by atoms with Crippen LogP contribution in [0.2, 0.25) is 0 Å². The molecule has 1 aliphatic carbocycles. The van der Waals surface area contributed by atoms with Crippen molar-refractivity contribution in [2.24, 2.45) is 0 Å². The summed E-state index contributed by atoms with van der Waals surface area (Å²) in [5, 5.41) is 0. The molecular weight excluding hydrogens is 248 g/mol. The Morgan fingerprint density at radius 2 is 1.65 bits per heavy atom. The van der Waals surface area contributed by atoms with Gasteiger partial charge in [0.05, 0.1) is 12.7 Å². The van der Waals surface area contributed by atoms with Crippen molar-refractivity contribution < 1.29 is 9.53 Å². The molecule has 0 unspecified atom stereocenters. The second kappa shape index (κ2) is 5.49. The number of carbonyl (C=O) groups excluding carboxylic acids is 1.